The van der Waals surface area contributed by atoms with E-state index in [0.29, 0.717) is 11.8 Å². The lowest BCUT2D eigenvalue weighted by molar-refractivity contribution is -0.576. The van der Waals surface area contributed by atoms with Crippen LogP contribution < -0.4 is 0 Å². The van der Waals surface area contributed by atoms with Crippen molar-refractivity contribution in [2.75, 3.05) is 0 Å². The van der Waals surface area contributed by atoms with Crippen LogP contribution in [0.5, 0.6) is 0 Å². The van der Waals surface area contributed by atoms with Crippen molar-refractivity contribution in [2.45, 2.75) is 70.4 Å². The van der Waals surface area contributed by atoms with E-state index in [4.69, 9.17) is 19.2 Å². The molecule has 2 bridgehead atoms. The first-order valence-electron chi connectivity index (χ1n) is 7.84. The smallest absolute Gasteiger partial charge is 0.201 e. The molecule has 5 rings (SSSR count). The predicted molar refractivity (Wildman–Crippen MR) is 69.0 cm³/mol. The molecular weight excluding hydrogens is 260 g/mol. The molecule has 0 aromatic heterocycles. The van der Waals surface area contributed by atoms with Gasteiger partial charge in [-0.2, -0.15) is 0 Å². The van der Waals surface area contributed by atoms with Crippen molar-refractivity contribution in [3.8, 4) is 0 Å². The van der Waals surface area contributed by atoms with Gasteiger partial charge in [0.2, 0.25) is 5.79 Å². The zero-order valence-corrected chi connectivity index (χ0v) is 12.4. The molecule has 0 amide bonds. The van der Waals surface area contributed by atoms with Crippen molar-refractivity contribution in [2.24, 2.45) is 23.7 Å². The maximum atomic E-state index is 10.2. The minimum Gasteiger partial charge on any atom is -0.368 e. The molecule has 5 aliphatic rings. The van der Waals surface area contributed by atoms with Gasteiger partial charge in [-0.05, 0) is 38.0 Å². The summed E-state index contributed by atoms with van der Waals surface area (Å²) >= 11 is 0. The summed E-state index contributed by atoms with van der Waals surface area (Å²) in [5, 5.41) is 10.2. The second-order valence-corrected chi connectivity index (χ2v) is 7.30. The van der Waals surface area contributed by atoms with Crippen LogP contribution in [0.2, 0.25) is 0 Å². The second-order valence-electron chi connectivity index (χ2n) is 7.30. The van der Waals surface area contributed by atoms with Crippen LogP contribution in [0.4, 0.5) is 0 Å². The largest absolute Gasteiger partial charge is 0.368 e. The summed E-state index contributed by atoms with van der Waals surface area (Å²) in [7, 11) is 0. The number of ether oxygens (including phenoxy) is 2. The zero-order valence-electron chi connectivity index (χ0n) is 12.4. The van der Waals surface area contributed by atoms with Gasteiger partial charge in [-0.3, -0.25) is 0 Å². The molecule has 1 aliphatic carbocycles. The second kappa shape index (κ2) is 4.17. The fourth-order valence-corrected chi connectivity index (χ4v) is 4.89. The first-order chi connectivity index (χ1) is 9.46. The van der Waals surface area contributed by atoms with Crippen molar-refractivity contribution in [1.82, 2.24) is 0 Å². The van der Waals surface area contributed by atoms with E-state index in [1.807, 2.05) is 13.8 Å². The van der Waals surface area contributed by atoms with Crippen LogP contribution in [-0.4, -0.2) is 29.1 Å². The highest BCUT2D eigenvalue weighted by Crippen LogP contribution is 2.60. The van der Waals surface area contributed by atoms with Crippen LogP contribution >= 0.6 is 0 Å². The molecule has 1 spiro atoms. The molecule has 5 heteroatoms. The van der Waals surface area contributed by atoms with E-state index in [1.54, 1.807) is 0 Å². The van der Waals surface area contributed by atoms with E-state index >= 15 is 0 Å². The standard InChI is InChI=1S/C15H24O5/c1-8-4-5-11-9(2)12(16)17-13-15(11)10(8)6-7-14(3,18-13)19-20-15/h8-13,16H,4-7H2,1-3H3/t8-,9-,10?,11?,12-,13-,14+,15?/m1/s1. The fraction of sp³-hybridized carbons (Fsp3) is 1.00. The van der Waals surface area contributed by atoms with E-state index in [-0.39, 0.29) is 11.8 Å². The van der Waals surface area contributed by atoms with Crippen LogP contribution in [0.15, 0.2) is 0 Å². The lowest BCUT2D eigenvalue weighted by Crippen LogP contribution is -2.70. The average molecular weight is 284 g/mol. The van der Waals surface area contributed by atoms with Gasteiger partial charge < -0.3 is 14.6 Å². The average Bonchev–Trinajstić information content (AvgIpc) is 2.63. The number of hydrogen-bond acceptors (Lipinski definition) is 5. The Hall–Kier alpha value is -0.200. The maximum absolute atomic E-state index is 10.2. The SMILES string of the molecule is C[C@@H]1CCC2[C@@H](C)[C@H](O)O[C@@H]3O[C@]4(C)CCC1C23OO4. The number of fused-ring (bicyclic) bond motifs is 2. The van der Waals surface area contributed by atoms with Gasteiger partial charge in [0.25, 0.3) is 0 Å². The quantitative estimate of drug-likeness (QED) is 0.691. The van der Waals surface area contributed by atoms with Gasteiger partial charge in [-0.15, -0.1) is 0 Å². The third kappa shape index (κ3) is 1.56. The van der Waals surface area contributed by atoms with E-state index in [0.717, 1.165) is 19.3 Å². The normalized spacial score (nSPS) is 61.8. The topological polar surface area (TPSA) is 57.2 Å². The highest BCUT2D eigenvalue weighted by atomic mass is 17.3. The first-order valence-corrected chi connectivity index (χ1v) is 7.84. The van der Waals surface area contributed by atoms with Crippen LogP contribution in [0.1, 0.15) is 46.5 Å². The van der Waals surface area contributed by atoms with Gasteiger partial charge in [-0.25, -0.2) is 9.78 Å². The van der Waals surface area contributed by atoms with Crippen LogP contribution in [0, 0.1) is 23.7 Å². The van der Waals surface area contributed by atoms with Crippen molar-refractivity contribution >= 4 is 0 Å². The van der Waals surface area contributed by atoms with Gasteiger partial charge in [0, 0.05) is 18.3 Å². The molecule has 8 atom stereocenters. The highest BCUT2D eigenvalue weighted by molar-refractivity contribution is 5.08. The van der Waals surface area contributed by atoms with E-state index in [9.17, 15) is 5.11 Å². The van der Waals surface area contributed by atoms with Crippen molar-refractivity contribution < 1.29 is 24.4 Å². The Labute approximate surface area is 119 Å². The summed E-state index contributed by atoms with van der Waals surface area (Å²) < 4.78 is 11.9. The van der Waals surface area contributed by atoms with Gasteiger partial charge in [-0.1, -0.05) is 13.8 Å². The Morgan fingerprint density at radius 1 is 1.05 bits per heavy atom. The summed E-state index contributed by atoms with van der Waals surface area (Å²) in [6.45, 7) is 6.22. The Balaban J connectivity index is 1.82. The van der Waals surface area contributed by atoms with Gasteiger partial charge >= 0.3 is 0 Å². The molecule has 3 unspecified atom stereocenters. The summed E-state index contributed by atoms with van der Waals surface area (Å²) in [6.07, 6.45) is 2.72. The van der Waals surface area contributed by atoms with Crippen LogP contribution in [0.3, 0.4) is 0 Å². The summed E-state index contributed by atoms with van der Waals surface area (Å²) in [5.41, 5.74) is -0.549. The molecular formula is C15H24O5. The Morgan fingerprint density at radius 2 is 1.85 bits per heavy atom. The molecule has 0 aromatic rings. The molecule has 4 aliphatic heterocycles. The van der Waals surface area contributed by atoms with Crippen LogP contribution in [-0.2, 0) is 19.2 Å². The molecule has 1 saturated carbocycles. The van der Waals surface area contributed by atoms with E-state index in [1.165, 1.54) is 6.42 Å². The number of aliphatic hydroxyl groups excluding tert-OH is 1. The number of aliphatic hydroxyl groups is 1. The number of rotatable bonds is 0. The molecule has 5 fully saturated rings. The lowest BCUT2D eigenvalue weighted by Gasteiger charge is -2.59. The van der Waals surface area contributed by atoms with E-state index in [2.05, 4.69) is 6.92 Å². The molecule has 20 heavy (non-hydrogen) atoms. The van der Waals surface area contributed by atoms with Crippen molar-refractivity contribution in [3.63, 3.8) is 0 Å². The third-order valence-corrected chi connectivity index (χ3v) is 6.12. The fourth-order valence-electron chi connectivity index (χ4n) is 4.89. The van der Waals surface area contributed by atoms with Crippen molar-refractivity contribution in [1.29, 1.82) is 0 Å². The minimum absolute atomic E-state index is 0.0379. The molecule has 5 nitrogen and oxygen atoms in total. The molecule has 4 heterocycles. The predicted octanol–water partition coefficient (Wildman–Crippen LogP) is 2.19. The highest BCUT2D eigenvalue weighted by Gasteiger charge is 2.69. The minimum atomic E-state index is -0.781. The summed E-state index contributed by atoms with van der Waals surface area (Å²) in [6, 6.07) is 0. The molecule has 0 radical (unpaired) electrons. The van der Waals surface area contributed by atoms with E-state index < -0.39 is 24.0 Å². The lowest BCUT2D eigenvalue weighted by atomic mass is 9.58. The maximum Gasteiger partial charge on any atom is 0.201 e. The molecule has 1 N–H and O–H groups in total. The van der Waals surface area contributed by atoms with Gasteiger partial charge in [0.1, 0.15) is 0 Å². The molecule has 114 valence electrons. The summed E-state index contributed by atoms with van der Waals surface area (Å²) in [4.78, 5) is 11.6. The van der Waals surface area contributed by atoms with Gasteiger partial charge in [0.15, 0.2) is 18.2 Å². The summed E-state index contributed by atoms with van der Waals surface area (Å²) in [5.74, 6) is 0.437. The Bertz CT molecular complexity index is 411. The van der Waals surface area contributed by atoms with Crippen LogP contribution in [0.25, 0.3) is 0 Å². The molecule has 4 saturated heterocycles. The van der Waals surface area contributed by atoms with Gasteiger partial charge in [0.05, 0.1) is 0 Å². The number of hydrogen-bond donors (Lipinski definition) is 1. The zero-order chi connectivity index (χ0) is 14.1. The van der Waals surface area contributed by atoms with Crippen molar-refractivity contribution in [3.05, 3.63) is 0 Å². The Morgan fingerprint density at radius 3 is 2.65 bits per heavy atom. The monoisotopic (exact) mass is 284 g/mol. The Kier molecular flexibility index (Phi) is 2.81. The third-order valence-electron chi connectivity index (χ3n) is 6.12. The molecule has 0 aromatic carbocycles. The first kappa shape index (κ1) is 13.5.